The summed E-state index contributed by atoms with van der Waals surface area (Å²) in [6.45, 7) is 22.5. The first-order valence-corrected chi connectivity index (χ1v) is 20.3. The van der Waals surface area contributed by atoms with E-state index in [2.05, 4.69) is 53.4 Å². The third-order valence-corrected chi connectivity index (χ3v) is 16.6. The average Bonchev–Trinajstić information content (AvgIpc) is 3.70. The number of esters is 1. The largest absolute Gasteiger partial charge is 0.481 e. The van der Waals surface area contributed by atoms with Crippen molar-refractivity contribution >= 4 is 23.9 Å². The summed E-state index contributed by atoms with van der Waals surface area (Å²) in [6.07, 6.45) is 13.7. The molecule has 10 atom stereocenters. The number of benzene rings is 1. The number of allylic oxidation sites excluding steroid dienone is 1. The van der Waals surface area contributed by atoms with Gasteiger partial charge in [0.25, 0.3) is 0 Å². The quantitative estimate of drug-likeness (QED) is 0.156. The number of hydrogen-bond acceptors (Lipinski definition) is 6. The lowest BCUT2D eigenvalue weighted by atomic mass is 9.32. The Morgan fingerprint density at radius 2 is 1.66 bits per heavy atom. The summed E-state index contributed by atoms with van der Waals surface area (Å²) in [5, 5.41) is 13.3. The van der Waals surface area contributed by atoms with Crippen molar-refractivity contribution in [3.63, 3.8) is 0 Å². The molecule has 1 aromatic carbocycles. The summed E-state index contributed by atoms with van der Waals surface area (Å²) < 4.78 is 17.2. The van der Waals surface area contributed by atoms with Crippen LogP contribution in [0.2, 0.25) is 0 Å². The van der Waals surface area contributed by atoms with Crippen molar-refractivity contribution in [2.75, 3.05) is 6.79 Å². The van der Waals surface area contributed by atoms with Crippen LogP contribution < -0.4 is 14.8 Å². The zero-order valence-corrected chi connectivity index (χ0v) is 33.4. The van der Waals surface area contributed by atoms with Crippen LogP contribution in [0, 0.1) is 56.7 Å². The summed E-state index contributed by atoms with van der Waals surface area (Å²) >= 11 is 0. The summed E-state index contributed by atoms with van der Waals surface area (Å²) in [5.41, 5.74) is 0.921. The lowest BCUT2D eigenvalue weighted by Gasteiger charge is -2.73. The van der Waals surface area contributed by atoms with E-state index in [-0.39, 0.29) is 52.4 Å². The van der Waals surface area contributed by atoms with E-state index in [1.54, 1.807) is 19.9 Å². The number of carboxylic acid groups (broad SMARTS) is 1. The fourth-order valence-electron chi connectivity index (χ4n) is 13.7. The lowest BCUT2D eigenvalue weighted by Crippen LogP contribution is -2.69. The van der Waals surface area contributed by atoms with Crippen LogP contribution in [0.3, 0.4) is 0 Å². The molecule has 5 fully saturated rings. The first kappa shape index (κ1) is 38.0. The van der Waals surface area contributed by atoms with Crippen LogP contribution in [0.4, 0.5) is 0 Å². The predicted octanol–water partition coefficient (Wildman–Crippen LogP) is 9.37. The Kier molecular flexibility index (Phi) is 9.25. The number of carbonyl (C=O) groups is 3. The van der Waals surface area contributed by atoms with Gasteiger partial charge in [0.1, 0.15) is 6.10 Å². The normalized spacial score (nSPS) is 39.6. The molecular formula is C45H63NO7. The van der Waals surface area contributed by atoms with E-state index in [4.69, 9.17) is 14.2 Å². The van der Waals surface area contributed by atoms with Gasteiger partial charge in [-0.15, -0.1) is 0 Å². The van der Waals surface area contributed by atoms with Crippen LogP contribution in [-0.4, -0.2) is 41.4 Å². The van der Waals surface area contributed by atoms with E-state index >= 15 is 0 Å². The highest BCUT2D eigenvalue weighted by molar-refractivity contribution is 5.92. The van der Waals surface area contributed by atoms with Crippen molar-refractivity contribution in [2.45, 2.75) is 138 Å². The summed E-state index contributed by atoms with van der Waals surface area (Å²) in [6, 6.07) is 5.77. The Bertz CT molecular complexity index is 1710. The molecule has 290 valence electrons. The van der Waals surface area contributed by atoms with Crippen LogP contribution in [0.1, 0.15) is 132 Å². The fraction of sp³-hybridized carbons (Fsp3) is 0.711. The number of carboxylic acids is 1. The van der Waals surface area contributed by atoms with E-state index in [1.165, 1.54) is 12.0 Å². The smallest absolute Gasteiger partial charge is 0.309 e. The Labute approximate surface area is 316 Å². The number of amides is 1. The molecule has 0 unspecified atom stereocenters. The van der Waals surface area contributed by atoms with E-state index in [0.29, 0.717) is 35.3 Å². The summed E-state index contributed by atoms with van der Waals surface area (Å²) in [7, 11) is 0. The Hall–Kier alpha value is -3.29. The minimum absolute atomic E-state index is 0.0298. The minimum atomic E-state index is -1.15. The molecular weight excluding hydrogens is 666 g/mol. The molecule has 0 spiro atoms. The topological polar surface area (TPSA) is 111 Å². The predicted molar refractivity (Wildman–Crippen MR) is 205 cm³/mol. The second-order valence-corrected chi connectivity index (χ2v) is 20.0. The van der Waals surface area contributed by atoms with Crippen LogP contribution >= 0.6 is 0 Å². The molecule has 7 rings (SSSR count). The molecule has 0 bridgehead atoms. The molecule has 8 nitrogen and oxygen atoms in total. The van der Waals surface area contributed by atoms with Gasteiger partial charge in [-0.25, -0.2) is 0 Å². The number of nitrogens with one attached hydrogen (secondary N) is 1. The Morgan fingerprint density at radius 1 is 0.925 bits per heavy atom. The van der Waals surface area contributed by atoms with Crippen LogP contribution in [0.25, 0.3) is 6.08 Å². The van der Waals surface area contributed by atoms with Crippen molar-refractivity contribution < 1.29 is 33.7 Å². The number of ether oxygens (including phenoxy) is 3. The maximum absolute atomic E-state index is 13.8. The maximum Gasteiger partial charge on any atom is 0.309 e. The van der Waals surface area contributed by atoms with Crippen molar-refractivity contribution in [1.82, 2.24) is 5.32 Å². The lowest BCUT2D eigenvalue weighted by molar-refractivity contribution is -0.246. The highest BCUT2D eigenvalue weighted by Gasteiger charge is 2.71. The third-order valence-electron chi connectivity index (χ3n) is 16.6. The van der Waals surface area contributed by atoms with Crippen LogP contribution in [-0.2, 0) is 19.1 Å². The van der Waals surface area contributed by atoms with Crippen LogP contribution in [0.15, 0.2) is 36.4 Å². The molecule has 53 heavy (non-hydrogen) atoms. The molecule has 5 aliphatic carbocycles. The van der Waals surface area contributed by atoms with Gasteiger partial charge < -0.3 is 24.6 Å². The molecule has 6 aliphatic rings. The molecule has 1 heterocycles. The molecule has 0 radical (unpaired) electrons. The number of carbonyl (C=O) groups excluding carboxylic acids is 2. The first-order valence-electron chi connectivity index (χ1n) is 20.3. The zero-order valence-electron chi connectivity index (χ0n) is 33.4. The molecule has 2 N–H and O–H groups in total. The van der Waals surface area contributed by atoms with Gasteiger partial charge >= 0.3 is 11.9 Å². The number of hydrogen-bond donors (Lipinski definition) is 2. The molecule has 1 amide bonds. The highest BCUT2D eigenvalue weighted by Crippen LogP contribution is 2.76. The molecule has 0 saturated heterocycles. The van der Waals surface area contributed by atoms with E-state index in [9.17, 15) is 19.5 Å². The Balaban J connectivity index is 1.11. The van der Waals surface area contributed by atoms with E-state index in [1.807, 2.05) is 24.3 Å². The van der Waals surface area contributed by atoms with Gasteiger partial charge in [-0.2, -0.15) is 0 Å². The summed E-state index contributed by atoms with van der Waals surface area (Å²) in [4.78, 5) is 38.6. The minimum Gasteiger partial charge on any atom is -0.481 e. The first-order chi connectivity index (χ1) is 24.8. The van der Waals surface area contributed by atoms with Gasteiger partial charge in [-0.05, 0) is 155 Å². The van der Waals surface area contributed by atoms with Gasteiger partial charge in [-0.1, -0.05) is 52.8 Å². The van der Waals surface area contributed by atoms with Crippen LogP contribution in [0.5, 0.6) is 11.5 Å². The molecule has 8 heteroatoms. The van der Waals surface area contributed by atoms with E-state index < -0.39 is 17.4 Å². The molecule has 1 aliphatic heterocycles. The van der Waals surface area contributed by atoms with Gasteiger partial charge in [-0.3, -0.25) is 14.4 Å². The Morgan fingerprint density at radius 3 is 2.38 bits per heavy atom. The SMILES string of the molecule is C=C(C)[C@@H]1CC[C@]2(NC(=O)/C=C/c3ccc4c(c3)OCO4)CC[C@]3(C)[C@H](CC[C@@H]4[C@@]5(C)CC[C@H](OC(=O)CC(C)(C)C(=O)O)C(C)(C)[C@@H]5CC[C@]43C)[C@@H]12. The van der Waals surface area contributed by atoms with Gasteiger partial charge in [0.05, 0.1) is 11.8 Å². The molecule has 5 saturated carbocycles. The van der Waals surface area contributed by atoms with Crippen molar-refractivity contribution in [1.29, 1.82) is 0 Å². The number of aliphatic carboxylic acids is 1. The fourth-order valence-corrected chi connectivity index (χ4v) is 13.7. The highest BCUT2D eigenvalue weighted by atomic mass is 16.7. The second kappa shape index (κ2) is 12.9. The van der Waals surface area contributed by atoms with Crippen molar-refractivity contribution in [3.8, 4) is 11.5 Å². The van der Waals surface area contributed by atoms with Crippen molar-refractivity contribution in [3.05, 3.63) is 42.0 Å². The monoisotopic (exact) mass is 729 g/mol. The average molecular weight is 730 g/mol. The maximum atomic E-state index is 13.8. The van der Waals surface area contributed by atoms with Crippen molar-refractivity contribution in [2.24, 2.45) is 56.7 Å². The number of fused-ring (bicyclic) bond motifs is 8. The standard InChI is InChI=1S/C45H63NO7/c1-27(2)29-16-21-45(46-36(47)15-11-28-10-13-31-32(24-28)52-26-51-31)23-22-43(8)30(38(29)45)12-14-34-42(7)19-18-35(53-37(48)25-40(3,4)39(49)50)41(5,6)33(42)17-20-44(34,43)9/h10-11,13,15,24,29-30,33-35,38H,1,12,14,16-23,25-26H2,2-9H3,(H,46,47)(H,49,50)/b15-11+/t29-,30+,33-,34+,35-,38+,42-,43+,44+,45-/m0/s1. The van der Waals surface area contributed by atoms with Gasteiger partial charge in [0.15, 0.2) is 11.5 Å². The summed E-state index contributed by atoms with van der Waals surface area (Å²) in [5.74, 6) is 2.21. The second-order valence-electron chi connectivity index (χ2n) is 20.0. The molecule has 1 aromatic rings. The van der Waals surface area contributed by atoms with Gasteiger partial charge in [0.2, 0.25) is 12.7 Å². The third kappa shape index (κ3) is 5.94. The number of rotatable bonds is 8. The molecule has 0 aromatic heterocycles. The van der Waals surface area contributed by atoms with E-state index in [0.717, 1.165) is 69.1 Å². The zero-order chi connectivity index (χ0) is 38.4. The van der Waals surface area contributed by atoms with Gasteiger partial charge in [0, 0.05) is 17.0 Å².